The predicted octanol–water partition coefficient (Wildman–Crippen LogP) is 3.38. The van der Waals surface area contributed by atoms with Crippen LogP contribution in [0.1, 0.15) is 39.2 Å². The van der Waals surface area contributed by atoms with Crippen molar-refractivity contribution in [2.75, 3.05) is 13.1 Å². The molecule has 2 rings (SSSR count). The summed E-state index contributed by atoms with van der Waals surface area (Å²) in [5.74, 6) is 0. The molecule has 1 N–H and O–H groups in total. The molecule has 0 bridgehead atoms. The van der Waals surface area contributed by atoms with E-state index >= 15 is 0 Å². The maximum absolute atomic E-state index is 12.6. The van der Waals surface area contributed by atoms with E-state index in [1.165, 1.54) is 4.90 Å². The summed E-state index contributed by atoms with van der Waals surface area (Å²) in [6, 6.07) is 2.88. The van der Waals surface area contributed by atoms with Crippen molar-refractivity contribution in [3.05, 3.63) is 29.8 Å². The highest BCUT2D eigenvalue weighted by Crippen LogP contribution is 2.29. The van der Waals surface area contributed by atoms with Gasteiger partial charge in [-0.05, 0) is 57.9 Å². The van der Waals surface area contributed by atoms with Gasteiger partial charge >= 0.3 is 12.3 Å². The first-order chi connectivity index (χ1) is 12.3. The van der Waals surface area contributed by atoms with Gasteiger partial charge in [0, 0.05) is 19.1 Å². The number of nitrogens with one attached hydrogen (secondary N) is 1. The van der Waals surface area contributed by atoms with E-state index < -0.39 is 33.5 Å². The molecule has 1 aliphatic heterocycles. The van der Waals surface area contributed by atoms with Crippen LogP contribution in [0.2, 0.25) is 0 Å². The summed E-state index contributed by atoms with van der Waals surface area (Å²) in [5, 5.41) is 0. The molecule has 0 radical (unpaired) electrons. The van der Waals surface area contributed by atoms with Crippen LogP contribution in [0.3, 0.4) is 0 Å². The van der Waals surface area contributed by atoms with Crippen LogP contribution in [-0.2, 0) is 20.9 Å². The minimum Gasteiger partial charge on any atom is -0.444 e. The van der Waals surface area contributed by atoms with E-state index in [1.54, 1.807) is 20.8 Å². The Bertz CT molecular complexity index is 771. The average Bonchev–Trinajstić information content (AvgIpc) is 2.99. The highest BCUT2D eigenvalue weighted by molar-refractivity contribution is 7.89. The van der Waals surface area contributed by atoms with E-state index in [0.717, 1.165) is 24.3 Å². The van der Waals surface area contributed by atoms with Gasteiger partial charge in [-0.1, -0.05) is 0 Å². The maximum atomic E-state index is 12.6. The van der Waals surface area contributed by atoms with Gasteiger partial charge in [-0.25, -0.2) is 17.9 Å². The molecule has 1 atom stereocenters. The third-order valence-corrected chi connectivity index (χ3v) is 5.45. The van der Waals surface area contributed by atoms with Crippen molar-refractivity contribution in [3.8, 4) is 0 Å². The van der Waals surface area contributed by atoms with Gasteiger partial charge in [-0.15, -0.1) is 0 Å². The quantitative estimate of drug-likeness (QED) is 0.829. The largest absolute Gasteiger partial charge is 0.444 e. The fraction of sp³-hybridized carbons (Fsp3) is 0.588. The summed E-state index contributed by atoms with van der Waals surface area (Å²) in [7, 11) is -3.99. The molecule has 0 saturated carbocycles. The van der Waals surface area contributed by atoms with Crippen molar-refractivity contribution in [1.29, 1.82) is 0 Å². The molecular weight excluding hydrogens is 385 g/mol. The predicted molar refractivity (Wildman–Crippen MR) is 92.6 cm³/mol. The van der Waals surface area contributed by atoms with Crippen LogP contribution in [0.4, 0.5) is 18.0 Å². The minimum absolute atomic E-state index is 0.0391. The average molecular weight is 408 g/mol. The summed E-state index contributed by atoms with van der Waals surface area (Å²) < 4.78 is 70.1. The molecule has 1 aromatic rings. The number of sulfonamides is 1. The molecule has 0 unspecified atom stereocenters. The second kappa shape index (κ2) is 7.67. The lowest BCUT2D eigenvalue weighted by molar-refractivity contribution is -0.137. The summed E-state index contributed by atoms with van der Waals surface area (Å²) in [5.41, 5.74) is -1.59. The Balaban J connectivity index is 2.02. The normalized spacial score (nSPS) is 18.6. The number of halogens is 3. The summed E-state index contributed by atoms with van der Waals surface area (Å²) in [6.45, 7) is 5.64. The fourth-order valence-corrected chi connectivity index (χ4v) is 3.79. The van der Waals surface area contributed by atoms with Crippen molar-refractivity contribution >= 4 is 16.1 Å². The third-order valence-electron chi connectivity index (χ3n) is 4.01. The molecule has 152 valence electrons. The number of hydrogen-bond acceptors (Lipinski definition) is 4. The zero-order valence-electron chi connectivity index (χ0n) is 15.3. The molecule has 0 spiro atoms. The lowest BCUT2D eigenvalue weighted by Crippen LogP contribution is -2.45. The Morgan fingerprint density at radius 1 is 1.22 bits per heavy atom. The first-order valence-electron chi connectivity index (χ1n) is 8.46. The molecule has 6 nitrogen and oxygen atoms in total. The number of benzene rings is 1. The molecule has 1 saturated heterocycles. The number of alkyl halides is 3. The lowest BCUT2D eigenvalue weighted by atomic mass is 10.2. The van der Waals surface area contributed by atoms with Crippen LogP contribution in [0.25, 0.3) is 0 Å². The molecule has 1 aromatic carbocycles. The van der Waals surface area contributed by atoms with E-state index in [0.29, 0.717) is 19.4 Å². The van der Waals surface area contributed by atoms with Crippen LogP contribution in [0.15, 0.2) is 29.2 Å². The molecule has 27 heavy (non-hydrogen) atoms. The molecule has 1 heterocycles. The first-order valence-corrected chi connectivity index (χ1v) is 9.94. The molecule has 1 fully saturated rings. The van der Waals surface area contributed by atoms with E-state index in [4.69, 9.17) is 4.74 Å². The monoisotopic (exact) mass is 408 g/mol. The van der Waals surface area contributed by atoms with Crippen molar-refractivity contribution in [2.45, 2.75) is 56.3 Å². The van der Waals surface area contributed by atoms with E-state index in [-0.39, 0.29) is 17.5 Å². The summed E-state index contributed by atoms with van der Waals surface area (Å²) in [6.07, 6.45) is -3.73. The maximum Gasteiger partial charge on any atom is 0.416 e. The molecule has 10 heteroatoms. The molecule has 0 aromatic heterocycles. The van der Waals surface area contributed by atoms with E-state index in [9.17, 15) is 26.4 Å². The fourth-order valence-electron chi connectivity index (χ4n) is 2.72. The summed E-state index contributed by atoms with van der Waals surface area (Å²) in [4.78, 5) is 13.4. The van der Waals surface area contributed by atoms with Crippen LogP contribution in [0.5, 0.6) is 0 Å². The van der Waals surface area contributed by atoms with Crippen molar-refractivity contribution in [1.82, 2.24) is 9.62 Å². The minimum atomic E-state index is -4.53. The van der Waals surface area contributed by atoms with Gasteiger partial charge in [-0.2, -0.15) is 13.2 Å². The second-order valence-electron chi connectivity index (χ2n) is 7.34. The van der Waals surface area contributed by atoms with Gasteiger partial charge in [0.05, 0.1) is 10.5 Å². The Labute approximate surface area is 156 Å². The number of carbonyl (C=O) groups excluding carboxylic acids is 1. The zero-order valence-corrected chi connectivity index (χ0v) is 16.2. The van der Waals surface area contributed by atoms with Gasteiger partial charge in [-0.3, -0.25) is 0 Å². The molecular formula is C17H23F3N2O4S. The number of hydrogen-bond donors (Lipinski definition) is 1. The third kappa shape index (κ3) is 5.83. The number of amides is 1. The van der Waals surface area contributed by atoms with Crippen LogP contribution >= 0.6 is 0 Å². The van der Waals surface area contributed by atoms with Gasteiger partial charge in [0.1, 0.15) is 5.60 Å². The van der Waals surface area contributed by atoms with Gasteiger partial charge in [0.2, 0.25) is 10.0 Å². The topological polar surface area (TPSA) is 75.7 Å². The van der Waals surface area contributed by atoms with Crippen LogP contribution < -0.4 is 4.72 Å². The number of likely N-dealkylation sites (tertiary alicyclic amines) is 1. The Kier molecular flexibility index (Phi) is 6.10. The van der Waals surface area contributed by atoms with E-state index in [1.807, 2.05) is 0 Å². The number of ether oxygens (including phenoxy) is 1. The summed E-state index contributed by atoms with van der Waals surface area (Å²) >= 11 is 0. The second-order valence-corrected chi connectivity index (χ2v) is 9.11. The van der Waals surface area contributed by atoms with Crippen LogP contribution in [-0.4, -0.2) is 44.1 Å². The molecule has 0 aliphatic carbocycles. The van der Waals surface area contributed by atoms with Crippen molar-refractivity contribution in [2.24, 2.45) is 0 Å². The Hall–Kier alpha value is -1.81. The first kappa shape index (κ1) is 21.5. The molecule has 1 amide bonds. The van der Waals surface area contributed by atoms with Gasteiger partial charge in [0.25, 0.3) is 0 Å². The number of nitrogens with zero attached hydrogens (tertiary/aromatic N) is 1. The number of rotatable bonds is 4. The number of carbonyl (C=O) groups is 1. The zero-order chi connectivity index (χ0) is 20.5. The van der Waals surface area contributed by atoms with Gasteiger partial charge < -0.3 is 9.64 Å². The smallest absolute Gasteiger partial charge is 0.416 e. The Morgan fingerprint density at radius 3 is 2.33 bits per heavy atom. The SMILES string of the molecule is CC(C)(C)OC(=O)N1CCC[C@@H]1CNS(=O)(=O)c1ccc(C(F)(F)F)cc1. The lowest BCUT2D eigenvalue weighted by Gasteiger charge is -2.28. The molecule has 1 aliphatic rings. The van der Waals surface area contributed by atoms with Crippen molar-refractivity contribution < 1.29 is 31.1 Å². The highest BCUT2D eigenvalue weighted by atomic mass is 32.2. The van der Waals surface area contributed by atoms with Crippen molar-refractivity contribution in [3.63, 3.8) is 0 Å². The highest BCUT2D eigenvalue weighted by Gasteiger charge is 2.33. The van der Waals surface area contributed by atoms with Crippen LogP contribution in [0, 0.1) is 0 Å². The standard InChI is InChI=1S/C17H23F3N2O4S/c1-16(2,3)26-15(23)22-10-4-5-13(22)11-21-27(24,25)14-8-6-12(7-9-14)17(18,19)20/h6-9,13,21H,4-5,10-11H2,1-3H3/t13-/m1/s1. The van der Waals surface area contributed by atoms with Gasteiger partial charge in [0.15, 0.2) is 0 Å². The Morgan fingerprint density at radius 2 is 1.81 bits per heavy atom. The van der Waals surface area contributed by atoms with E-state index in [2.05, 4.69) is 4.72 Å².